The van der Waals surface area contributed by atoms with E-state index in [1.807, 2.05) is 24.3 Å². The summed E-state index contributed by atoms with van der Waals surface area (Å²) in [6, 6.07) is 15.1. The van der Waals surface area contributed by atoms with Crippen molar-refractivity contribution in [3.63, 3.8) is 0 Å². The molecule has 1 aromatic heterocycles. The first-order chi connectivity index (χ1) is 24.1. The molecule has 0 radical (unpaired) electrons. The van der Waals surface area contributed by atoms with Crippen LogP contribution in [0.15, 0.2) is 80.1 Å². The van der Waals surface area contributed by atoms with Crippen molar-refractivity contribution in [3.05, 3.63) is 112 Å². The van der Waals surface area contributed by atoms with Crippen LogP contribution in [0.25, 0.3) is 6.08 Å². The average Bonchev–Trinajstić information content (AvgIpc) is 3.39. The van der Waals surface area contributed by atoms with Gasteiger partial charge in [0.25, 0.3) is 5.56 Å². The second kappa shape index (κ2) is 16.4. The second-order valence-corrected chi connectivity index (χ2v) is 13.1. The number of hydrogen-bond acceptors (Lipinski definition) is 11. The topological polar surface area (TPSA) is 124 Å². The number of aromatic nitrogens is 1. The Morgan fingerprint density at radius 3 is 2.50 bits per heavy atom. The van der Waals surface area contributed by atoms with Gasteiger partial charge in [0.15, 0.2) is 34.4 Å². The van der Waals surface area contributed by atoms with E-state index >= 15 is 0 Å². The number of ether oxygens (including phenoxy) is 6. The van der Waals surface area contributed by atoms with Crippen molar-refractivity contribution in [2.24, 2.45) is 4.99 Å². The minimum absolute atomic E-state index is 0.132. The third kappa shape index (κ3) is 8.06. The van der Waals surface area contributed by atoms with Gasteiger partial charge in [-0.2, -0.15) is 0 Å². The number of carbonyl (C=O) groups is 2. The van der Waals surface area contributed by atoms with Crippen LogP contribution in [0, 0.1) is 0 Å². The van der Waals surface area contributed by atoms with Crippen molar-refractivity contribution in [1.29, 1.82) is 0 Å². The van der Waals surface area contributed by atoms with Crippen LogP contribution in [0.5, 0.6) is 23.0 Å². The lowest BCUT2D eigenvalue weighted by molar-refractivity contribution is -0.143. The van der Waals surface area contributed by atoms with E-state index < -0.39 is 18.0 Å². The van der Waals surface area contributed by atoms with Crippen LogP contribution in [-0.2, 0) is 25.7 Å². The molecule has 0 saturated heterocycles. The number of benzene rings is 3. The highest BCUT2D eigenvalue weighted by molar-refractivity contribution is 9.10. The molecule has 4 aromatic rings. The third-order valence-corrected chi connectivity index (χ3v) is 9.30. The van der Waals surface area contributed by atoms with E-state index in [0.29, 0.717) is 65.3 Å². The number of allylic oxidation sites excluding steroid dienone is 1. The molecule has 11 nitrogen and oxygen atoms in total. The van der Waals surface area contributed by atoms with Crippen LogP contribution in [0.3, 0.4) is 0 Å². The van der Waals surface area contributed by atoms with Crippen molar-refractivity contribution in [2.75, 3.05) is 34.0 Å². The molecule has 2 heterocycles. The monoisotopic (exact) mass is 784 g/mol. The summed E-state index contributed by atoms with van der Waals surface area (Å²) in [6.07, 6.45) is 1.73. The van der Waals surface area contributed by atoms with Crippen LogP contribution >= 0.6 is 38.9 Å². The Hall–Kier alpha value is -4.59. The summed E-state index contributed by atoms with van der Waals surface area (Å²) in [5, 5.41) is 0.608. The molecule has 0 spiro atoms. The van der Waals surface area contributed by atoms with E-state index in [1.54, 1.807) is 57.2 Å². The Morgan fingerprint density at radius 1 is 1.00 bits per heavy atom. The first-order valence-corrected chi connectivity index (χ1v) is 17.5. The fourth-order valence-electron chi connectivity index (χ4n) is 5.28. The molecular formula is C36H34BrClN2O9S. The molecule has 0 aliphatic carbocycles. The molecule has 0 fully saturated rings. The zero-order valence-electron chi connectivity index (χ0n) is 27.9. The molecule has 262 valence electrons. The standard InChI is InChI=1S/C36H34BrClN2O9S/c1-6-46-27-17-23(11-12-26(27)48-19-30(41)45-5)32-31(35(43)47-7-2)20(3)39-36-40(32)34(42)29(50-36)16-22-14-25(37)33(28(15-22)44-4)49-18-21-9-8-10-24(38)13-21/h8-17,32H,6-7,18-19H2,1-5H3/b29-16+/t32-/m0/s1. The summed E-state index contributed by atoms with van der Waals surface area (Å²) in [5.41, 5.74) is 2.36. The van der Waals surface area contributed by atoms with E-state index in [4.69, 9.17) is 35.3 Å². The van der Waals surface area contributed by atoms with Crippen molar-refractivity contribution in [1.82, 2.24) is 4.57 Å². The largest absolute Gasteiger partial charge is 0.493 e. The molecule has 5 rings (SSSR count). The summed E-state index contributed by atoms with van der Waals surface area (Å²) >= 11 is 10.9. The van der Waals surface area contributed by atoms with Gasteiger partial charge in [0.05, 0.1) is 53.8 Å². The number of carbonyl (C=O) groups excluding carboxylic acids is 2. The molecule has 3 aromatic carbocycles. The maximum absolute atomic E-state index is 14.2. The lowest BCUT2D eigenvalue weighted by Crippen LogP contribution is -2.40. The van der Waals surface area contributed by atoms with Crippen LogP contribution in [0.1, 0.15) is 43.5 Å². The molecule has 14 heteroatoms. The second-order valence-electron chi connectivity index (χ2n) is 10.8. The van der Waals surface area contributed by atoms with Gasteiger partial charge in [-0.25, -0.2) is 14.6 Å². The first kappa shape index (κ1) is 36.7. The number of hydrogen-bond donors (Lipinski definition) is 0. The maximum Gasteiger partial charge on any atom is 0.343 e. The molecule has 1 atom stereocenters. The van der Waals surface area contributed by atoms with E-state index in [2.05, 4.69) is 25.7 Å². The quantitative estimate of drug-likeness (QED) is 0.156. The number of nitrogens with zero attached hydrogens (tertiary/aromatic N) is 2. The molecule has 1 aliphatic heterocycles. The fourth-order valence-corrected chi connectivity index (χ4v) is 7.12. The number of thiazole rings is 1. The molecule has 0 bridgehead atoms. The lowest BCUT2D eigenvalue weighted by Gasteiger charge is -2.25. The van der Waals surface area contributed by atoms with Crippen LogP contribution in [0.2, 0.25) is 5.02 Å². The molecule has 0 unspecified atom stereocenters. The molecule has 1 aliphatic rings. The Labute approximate surface area is 305 Å². The van der Waals surface area contributed by atoms with Gasteiger partial charge in [-0.05, 0) is 95.9 Å². The van der Waals surface area contributed by atoms with Crippen molar-refractivity contribution < 1.29 is 38.0 Å². The van der Waals surface area contributed by atoms with Gasteiger partial charge in [0.1, 0.15) is 6.61 Å². The number of esters is 2. The predicted molar refractivity (Wildman–Crippen MR) is 192 cm³/mol. The van der Waals surface area contributed by atoms with Gasteiger partial charge in [-0.1, -0.05) is 41.1 Å². The number of rotatable bonds is 13. The molecule has 0 amide bonds. The number of fused-ring (bicyclic) bond motifs is 1. The van der Waals surface area contributed by atoms with Crippen molar-refractivity contribution in [2.45, 2.75) is 33.4 Å². The van der Waals surface area contributed by atoms with Gasteiger partial charge in [0.2, 0.25) is 0 Å². The van der Waals surface area contributed by atoms with Gasteiger partial charge < -0.3 is 28.4 Å². The lowest BCUT2D eigenvalue weighted by atomic mass is 9.95. The summed E-state index contributed by atoms with van der Waals surface area (Å²) in [4.78, 5) is 44.4. The highest BCUT2D eigenvalue weighted by atomic mass is 79.9. The summed E-state index contributed by atoms with van der Waals surface area (Å²) in [7, 11) is 2.80. The predicted octanol–water partition coefficient (Wildman–Crippen LogP) is 5.75. The SMILES string of the molecule is CCOC(=O)C1=C(C)N=c2s/c(=C/c3cc(Br)c(OCc4cccc(Cl)c4)c(OC)c3)c(=O)n2[C@H]1c1ccc(OCC(=O)OC)c(OCC)c1. The third-order valence-electron chi connectivity index (χ3n) is 7.50. The highest BCUT2D eigenvalue weighted by Crippen LogP contribution is 2.38. The van der Waals surface area contributed by atoms with Gasteiger partial charge in [-0.15, -0.1) is 0 Å². The highest BCUT2D eigenvalue weighted by Gasteiger charge is 2.34. The molecule has 50 heavy (non-hydrogen) atoms. The minimum Gasteiger partial charge on any atom is -0.493 e. The normalized spacial score (nSPS) is 14.1. The molecule has 0 saturated carbocycles. The smallest absolute Gasteiger partial charge is 0.343 e. The van der Waals surface area contributed by atoms with E-state index in [9.17, 15) is 14.4 Å². The van der Waals surface area contributed by atoms with E-state index in [0.717, 1.165) is 5.56 Å². The number of methoxy groups -OCH3 is 2. The van der Waals surface area contributed by atoms with Crippen LogP contribution in [-0.4, -0.2) is 50.5 Å². The zero-order valence-corrected chi connectivity index (χ0v) is 31.1. The van der Waals surface area contributed by atoms with Crippen molar-refractivity contribution in [3.8, 4) is 23.0 Å². The summed E-state index contributed by atoms with van der Waals surface area (Å²) in [6.45, 7) is 5.58. The number of halogens is 2. The van der Waals surface area contributed by atoms with Gasteiger partial charge >= 0.3 is 11.9 Å². The van der Waals surface area contributed by atoms with Gasteiger partial charge in [0, 0.05) is 5.02 Å². The van der Waals surface area contributed by atoms with E-state index in [-0.39, 0.29) is 31.0 Å². The Bertz CT molecular complexity index is 2140. The molecule has 0 N–H and O–H groups in total. The summed E-state index contributed by atoms with van der Waals surface area (Å²) in [5.74, 6) is 0.409. The van der Waals surface area contributed by atoms with E-state index in [1.165, 1.54) is 30.1 Å². The average molecular weight is 786 g/mol. The first-order valence-electron chi connectivity index (χ1n) is 15.5. The summed E-state index contributed by atoms with van der Waals surface area (Å²) < 4.78 is 35.8. The zero-order chi connectivity index (χ0) is 35.9. The van der Waals surface area contributed by atoms with Crippen molar-refractivity contribution >= 4 is 56.9 Å². The van der Waals surface area contributed by atoms with Gasteiger partial charge in [-0.3, -0.25) is 9.36 Å². The minimum atomic E-state index is -0.898. The Morgan fingerprint density at radius 2 is 1.80 bits per heavy atom. The Balaban J connectivity index is 1.58. The molecular weight excluding hydrogens is 752 g/mol. The Kier molecular flexibility index (Phi) is 12.0. The van der Waals surface area contributed by atoms with Crippen LogP contribution < -0.4 is 33.8 Å². The maximum atomic E-state index is 14.2. The fraction of sp³-hybridized carbons (Fsp3) is 0.278. The van der Waals surface area contributed by atoms with Crippen LogP contribution in [0.4, 0.5) is 0 Å².